The quantitative estimate of drug-likeness (QED) is 0.182. The second kappa shape index (κ2) is 13.5. The maximum Gasteiger partial charge on any atom is 0.336 e. The first kappa shape index (κ1) is 31.0. The molecule has 0 unspecified atom stereocenters. The third-order valence-electron chi connectivity index (χ3n) is 6.54. The van der Waals surface area contributed by atoms with Gasteiger partial charge >= 0.3 is 11.9 Å². The second-order valence-electron chi connectivity index (χ2n) is 10.7. The van der Waals surface area contributed by atoms with Gasteiger partial charge in [-0.2, -0.15) is 0 Å². The Hall–Kier alpha value is -3.22. The zero-order valence-electron chi connectivity index (χ0n) is 23.4. The number of carbonyl (C=O) groups is 2. The summed E-state index contributed by atoms with van der Waals surface area (Å²) in [6.07, 6.45) is 4.69. The summed E-state index contributed by atoms with van der Waals surface area (Å²) in [4.78, 5) is 24.8. The van der Waals surface area contributed by atoms with E-state index in [2.05, 4.69) is 44.3 Å². The van der Waals surface area contributed by atoms with E-state index in [0.717, 1.165) is 23.1 Å². The highest BCUT2D eigenvalue weighted by atomic mass is 16.5. The lowest BCUT2D eigenvalue weighted by Crippen LogP contribution is -2.30. The van der Waals surface area contributed by atoms with Gasteiger partial charge in [0.05, 0.1) is 28.3 Å². The van der Waals surface area contributed by atoms with Crippen molar-refractivity contribution in [3.63, 3.8) is 0 Å². The van der Waals surface area contributed by atoms with Crippen molar-refractivity contribution < 1.29 is 29.3 Å². The molecule has 0 amide bonds. The number of rotatable bonds is 14. The number of unbranched alkanes of at least 4 members (excludes halogenated alkanes) is 2. The number of aryl methyl sites for hydroxylation is 1. The lowest BCUT2D eigenvalue weighted by molar-refractivity contribution is -0.144. The highest BCUT2D eigenvalue weighted by Gasteiger charge is 2.28. The van der Waals surface area contributed by atoms with Crippen LogP contribution in [-0.4, -0.2) is 46.6 Å². The van der Waals surface area contributed by atoms with E-state index < -0.39 is 29.1 Å². The molecule has 206 valence electrons. The Kier molecular flexibility index (Phi) is 11.0. The Morgan fingerprint density at radius 2 is 1.18 bits per heavy atom. The fraction of sp³-hybridized carbons (Fsp3) is 0.438. The van der Waals surface area contributed by atoms with Crippen molar-refractivity contribution in [1.82, 2.24) is 0 Å². The predicted octanol–water partition coefficient (Wildman–Crippen LogP) is 5.91. The van der Waals surface area contributed by atoms with Gasteiger partial charge in [-0.1, -0.05) is 81.5 Å². The summed E-state index contributed by atoms with van der Waals surface area (Å²) in [5.41, 5.74) is 1.26. The van der Waals surface area contributed by atoms with Gasteiger partial charge in [0.2, 0.25) is 0 Å². The summed E-state index contributed by atoms with van der Waals surface area (Å²) in [6.45, 7) is 15.1. The first-order chi connectivity index (χ1) is 17.7. The Labute approximate surface area is 227 Å². The lowest BCUT2D eigenvalue weighted by Gasteiger charge is -2.23. The van der Waals surface area contributed by atoms with E-state index in [-0.39, 0.29) is 24.4 Å². The summed E-state index contributed by atoms with van der Waals surface area (Å²) in [5, 5.41) is 20.1. The molecule has 0 aliphatic heterocycles. The van der Waals surface area contributed by atoms with E-state index in [9.17, 15) is 19.8 Å². The normalized spacial score (nSPS) is 11.8. The monoisotopic (exact) mass is 522 g/mol. The molecule has 0 spiro atoms. The molecular weight excluding hydrogens is 480 g/mol. The Morgan fingerprint density at radius 3 is 1.58 bits per heavy atom. The van der Waals surface area contributed by atoms with Crippen LogP contribution in [-0.2, 0) is 25.5 Å². The van der Waals surface area contributed by atoms with Crippen LogP contribution in [0.25, 0.3) is 11.1 Å². The van der Waals surface area contributed by atoms with Gasteiger partial charge in [-0.05, 0) is 62.8 Å². The molecular formula is C32H42O6. The molecule has 0 bridgehead atoms. The van der Waals surface area contributed by atoms with Gasteiger partial charge in [0, 0.05) is 0 Å². The van der Waals surface area contributed by atoms with E-state index in [1.54, 1.807) is 0 Å². The maximum atomic E-state index is 12.4. The summed E-state index contributed by atoms with van der Waals surface area (Å²) in [5.74, 6) is -1.95. The van der Waals surface area contributed by atoms with Gasteiger partial charge in [-0.25, -0.2) is 9.59 Å². The minimum atomic E-state index is -1.42. The lowest BCUT2D eigenvalue weighted by atomic mass is 9.96. The predicted molar refractivity (Wildman–Crippen MR) is 151 cm³/mol. The molecule has 0 aliphatic carbocycles. The van der Waals surface area contributed by atoms with Crippen LogP contribution in [0.1, 0.15) is 70.9 Å². The topological polar surface area (TPSA) is 93.1 Å². The molecule has 2 aromatic rings. The number of hydrogen-bond acceptors (Lipinski definition) is 6. The largest absolute Gasteiger partial charge is 0.461 e. The standard InChI is InChI=1S/C32H42O6/c1-8-9-10-11-24-12-14-25(15-13-24)26-16-18-27(19-17-26)28(20-37-29(33)22(2)31(4,5)35)21-38-30(34)23(3)32(6,7)36/h12-19,28,35-36H,2-3,8-11,20-21H2,1,4-7H3. The number of aliphatic hydroxyl groups is 2. The van der Waals surface area contributed by atoms with Gasteiger partial charge in [-0.3, -0.25) is 0 Å². The number of carbonyl (C=O) groups excluding carboxylic acids is 2. The van der Waals surface area contributed by atoms with Crippen LogP contribution in [0, 0.1) is 0 Å². The Balaban J connectivity index is 2.18. The molecule has 2 aromatic carbocycles. The number of ether oxygens (including phenoxy) is 2. The summed E-state index contributed by atoms with van der Waals surface area (Å²) in [7, 11) is 0. The van der Waals surface area contributed by atoms with E-state index >= 15 is 0 Å². The zero-order chi connectivity index (χ0) is 28.5. The van der Waals surface area contributed by atoms with Crippen LogP contribution in [0.5, 0.6) is 0 Å². The molecule has 0 saturated heterocycles. The van der Waals surface area contributed by atoms with Crippen molar-refractivity contribution >= 4 is 11.9 Å². The number of benzene rings is 2. The molecule has 0 heterocycles. The molecule has 2 N–H and O–H groups in total. The van der Waals surface area contributed by atoms with E-state index in [1.165, 1.54) is 52.5 Å². The fourth-order valence-corrected chi connectivity index (χ4v) is 3.66. The van der Waals surface area contributed by atoms with Gasteiger partial charge < -0.3 is 19.7 Å². The van der Waals surface area contributed by atoms with Crippen LogP contribution in [0.15, 0.2) is 72.8 Å². The van der Waals surface area contributed by atoms with Crippen molar-refractivity contribution in [2.45, 2.75) is 77.4 Å². The molecule has 38 heavy (non-hydrogen) atoms. The van der Waals surface area contributed by atoms with Crippen LogP contribution >= 0.6 is 0 Å². The zero-order valence-corrected chi connectivity index (χ0v) is 23.4. The van der Waals surface area contributed by atoms with Crippen LogP contribution < -0.4 is 0 Å². The van der Waals surface area contributed by atoms with Crippen LogP contribution in [0.3, 0.4) is 0 Å². The Bertz CT molecular complexity index is 1060. The van der Waals surface area contributed by atoms with Gasteiger partial charge in [0.15, 0.2) is 0 Å². The average molecular weight is 523 g/mol. The molecule has 0 radical (unpaired) electrons. The molecule has 0 fully saturated rings. The van der Waals surface area contributed by atoms with Crippen LogP contribution in [0.4, 0.5) is 0 Å². The average Bonchev–Trinajstić information content (AvgIpc) is 2.87. The first-order valence-electron chi connectivity index (χ1n) is 13.1. The van der Waals surface area contributed by atoms with Crippen molar-refractivity contribution in [3.05, 3.63) is 84.0 Å². The summed E-state index contributed by atoms with van der Waals surface area (Å²) >= 11 is 0. The highest BCUT2D eigenvalue weighted by molar-refractivity contribution is 5.90. The molecule has 6 nitrogen and oxygen atoms in total. The van der Waals surface area contributed by atoms with E-state index in [0.29, 0.717) is 0 Å². The Morgan fingerprint density at radius 1 is 0.763 bits per heavy atom. The molecule has 2 rings (SSSR count). The highest BCUT2D eigenvalue weighted by Crippen LogP contribution is 2.26. The number of hydrogen-bond donors (Lipinski definition) is 2. The van der Waals surface area contributed by atoms with E-state index in [1.807, 2.05) is 24.3 Å². The molecule has 0 saturated carbocycles. The first-order valence-corrected chi connectivity index (χ1v) is 13.1. The second-order valence-corrected chi connectivity index (χ2v) is 10.7. The third-order valence-corrected chi connectivity index (χ3v) is 6.54. The smallest absolute Gasteiger partial charge is 0.336 e. The fourth-order valence-electron chi connectivity index (χ4n) is 3.66. The molecule has 0 atom stereocenters. The minimum absolute atomic E-state index is 0.0721. The summed E-state index contributed by atoms with van der Waals surface area (Å²) < 4.78 is 10.8. The SMILES string of the molecule is C=C(C(=O)OCC(COC(=O)C(=C)C(C)(C)O)c1ccc(-c2ccc(CCCCC)cc2)cc1)C(C)(C)O. The van der Waals surface area contributed by atoms with E-state index in [4.69, 9.17) is 9.47 Å². The number of esters is 2. The minimum Gasteiger partial charge on any atom is -0.461 e. The van der Waals surface area contributed by atoms with Gasteiger partial charge in [-0.15, -0.1) is 0 Å². The van der Waals surface area contributed by atoms with Crippen molar-refractivity contribution in [2.75, 3.05) is 13.2 Å². The van der Waals surface area contributed by atoms with Crippen molar-refractivity contribution in [2.24, 2.45) is 0 Å². The van der Waals surface area contributed by atoms with Crippen LogP contribution in [0.2, 0.25) is 0 Å². The summed E-state index contributed by atoms with van der Waals surface area (Å²) in [6, 6.07) is 16.3. The van der Waals surface area contributed by atoms with Gasteiger partial charge in [0.1, 0.15) is 13.2 Å². The van der Waals surface area contributed by atoms with Crippen molar-refractivity contribution in [3.8, 4) is 11.1 Å². The maximum absolute atomic E-state index is 12.4. The molecule has 6 heteroatoms. The molecule has 0 aliphatic rings. The third kappa shape index (κ3) is 9.26. The van der Waals surface area contributed by atoms with Gasteiger partial charge in [0.25, 0.3) is 0 Å². The molecule has 0 aromatic heterocycles. The van der Waals surface area contributed by atoms with Crippen molar-refractivity contribution in [1.29, 1.82) is 0 Å².